The van der Waals surface area contributed by atoms with E-state index in [1.165, 1.54) is 0 Å². The summed E-state index contributed by atoms with van der Waals surface area (Å²) in [6, 6.07) is 7.48. The van der Waals surface area contributed by atoms with Crippen molar-refractivity contribution in [3.05, 3.63) is 35.4 Å². The fourth-order valence-corrected chi connectivity index (χ4v) is 2.57. The average molecular weight is 275 g/mol. The summed E-state index contributed by atoms with van der Waals surface area (Å²) in [6.07, 6.45) is 0.432. The molecular formula is C16H21NO3. The standard InChI is InChI=1S/C16H21NO3/c1-16(2,3)8-14(18)17-9-11-6-4-5-7-12(11)13(10-17)15(19)20/h4-7,13H,8-10H2,1-3H3,(H,19,20). The topological polar surface area (TPSA) is 57.6 Å². The normalized spacial score (nSPS) is 18.6. The monoisotopic (exact) mass is 275 g/mol. The van der Waals surface area contributed by atoms with Crippen LogP contribution in [-0.2, 0) is 16.1 Å². The summed E-state index contributed by atoms with van der Waals surface area (Å²) in [4.78, 5) is 25.4. The van der Waals surface area contributed by atoms with Crippen molar-refractivity contribution in [2.45, 2.75) is 39.7 Å². The van der Waals surface area contributed by atoms with Crippen LogP contribution in [0, 0.1) is 5.41 Å². The highest BCUT2D eigenvalue weighted by atomic mass is 16.4. The molecule has 4 heteroatoms. The molecule has 1 aliphatic heterocycles. The summed E-state index contributed by atoms with van der Waals surface area (Å²) in [5.74, 6) is -1.46. The van der Waals surface area contributed by atoms with Crippen LogP contribution in [0.25, 0.3) is 0 Å². The summed E-state index contributed by atoms with van der Waals surface area (Å²) < 4.78 is 0. The van der Waals surface area contributed by atoms with Gasteiger partial charge in [-0.15, -0.1) is 0 Å². The molecule has 1 aliphatic rings. The first-order valence-electron chi connectivity index (χ1n) is 6.86. The quantitative estimate of drug-likeness (QED) is 0.902. The van der Waals surface area contributed by atoms with Crippen molar-refractivity contribution in [3.63, 3.8) is 0 Å². The second-order valence-electron chi connectivity index (χ2n) is 6.60. The van der Waals surface area contributed by atoms with Gasteiger partial charge in [-0.3, -0.25) is 9.59 Å². The summed E-state index contributed by atoms with van der Waals surface area (Å²) in [5.41, 5.74) is 1.68. The summed E-state index contributed by atoms with van der Waals surface area (Å²) in [6.45, 7) is 6.81. The molecule has 1 N–H and O–H groups in total. The van der Waals surface area contributed by atoms with Crippen molar-refractivity contribution in [2.24, 2.45) is 5.41 Å². The minimum absolute atomic E-state index is 0.0262. The summed E-state index contributed by atoms with van der Waals surface area (Å²) in [7, 11) is 0. The zero-order valence-electron chi connectivity index (χ0n) is 12.2. The van der Waals surface area contributed by atoms with Gasteiger partial charge in [0.15, 0.2) is 0 Å². The van der Waals surface area contributed by atoms with Crippen LogP contribution >= 0.6 is 0 Å². The number of carbonyl (C=O) groups is 2. The first-order chi connectivity index (χ1) is 9.28. The van der Waals surface area contributed by atoms with Gasteiger partial charge >= 0.3 is 5.97 Å². The molecule has 0 aliphatic carbocycles. The molecule has 1 aromatic rings. The van der Waals surface area contributed by atoms with E-state index in [1.807, 2.05) is 45.0 Å². The van der Waals surface area contributed by atoms with Gasteiger partial charge in [0.05, 0.1) is 5.92 Å². The average Bonchev–Trinajstić information content (AvgIpc) is 2.35. The fourth-order valence-electron chi connectivity index (χ4n) is 2.57. The van der Waals surface area contributed by atoms with Gasteiger partial charge in [-0.25, -0.2) is 0 Å². The molecule has 1 aromatic carbocycles. The molecule has 0 fully saturated rings. The minimum Gasteiger partial charge on any atom is -0.481 e. The Balaban J connectivity index is 2.24. The summed E-state index contributed by atoms with van der Waals surface area (Å²) in [5, 5.41) is 9.38. The Labute approximate surface area is 119 Å². The SMILES string of the molecule is CC(C)(C)CC(=O)N1Cc2ccccc2C(C(=O)O)C1. The van der Waals surface area contributed by atoms with Gasteiger partial charge < -0.3 is 10.0 Å². The van der Waals surface area contributed by atoms with E-state index in [9.17, 15) is 14.7 Å². The van der Waals surface area contributed by atoms with Crippen LogP contribution in [0.15, 0.2) is 24.3 Å². The van der Waals surface area contributed by atoms with Crippen LogP contribution in [0.3, 0.4) is 0 Å². The third-order valence-electron chi connectivity index (χ3n) is 3.53. The number of nitrogens with zero attached hydrogens (tertiary/aromatic N) is 1. The van der Waals surface area contributed by atoms with E-state index in [0.29, 0.717) is 13.0 Å². The number of carboxylic acids is 1. The highest BCUT2D eigenvalue weighted by molar-refractivity contribution is 5.81. The largest absolute Gasteiger partial charge is 0.481 e. The number of rotatable bonds is 2. The second kappa shape index (κ2) is 5.27. The van der Waals surface area contributed by atoms with Gasteiger partial charge in [-0.2, -0.15) is 0 Å². The van der Waals surface area contributed by atoms with E-state index in [4.69, 9.17) is 0 Å². The Bertz CT molecular complexity index is 531. The van der Waals surface area contributed by atoms with Gasteiger partial charge in [0.1, 0.15) is 0 Å². The van der Waals surface area contributed by atoms with Crippen molar-refractivity contribution in [3.8, 4) is 0 Å². The maximum atomic E-state index is 12.3. The molecule has 1 heterocycles. The maximum Gasteiger partial charge on any atom is 0.312 e. The van der Waals surface area contributed by atoms with E-state index in [1.54, 1.807) is 4.90 Å². The van der Waals surface area contributed by atoms with Crippen LogP contribution in [0.2, 0.25) is 0 Å². The molecule has 0 bridgehead atoms. The third-order valence-corrected chi connectivity index (χ3v) is 3.53. The van der Waals surface area contributed by atoms with E-state index in [0.717, 1.165) is 11.1 Å². The number of aliphatic carboxylic acids is 1. The molecule has 0 saturated heterocycles. The lowest BCUT2D eigenvalue weighted by Gasteiger charge is -2.34. The molecule has 1 unspecified atom stereocenters. The Morgan fingerprint density at radius 1 is 1.30 bits per heavy atom. The number of benzene rings is 1. The molecule has 108 valence electrons. The Kier molecular flexibility index (Phi) is 3.84. The van der Waals surface area contributed by atoms with Crippen molar-refractivity contribution in [1.82, 2.24) is 4.90 Å². The van der Waals surface area contributed by atoms with Gasteiger partial charge in [0, 0.05) is 19.5 Å². The number of amides is 1. The van der Waals surface area contributed by atoms with Crippen LogP contribution in [0.4, 0.5) is 0 Å². The van der Waals surface area contributed by atoms with Crippen molar-refractivity contribution >= 4 is 11.9 Å². The number of carboxylic acid groups (broad SMARTS) is 1. The Hall–Kier alpha value is -1.84. The van der Waals surface area contributed by atoms with Crippen LogP contribution in [-0.4, -0.2) is 28.4 Å². The molecule has 1 amide bonds. The van der Waals surface area contributed by atoms with Gasteiger partial charge in [0.2, 0.25) is 5.91 Å². The first kappa shape index (κ1) is 14.6. The molecule has 0 spiro atoms. The molecular weight excluding hydrogens is 254 g/mol. The van der Waals surface area contributed by atoms with Gasteiger partial charge in [0.25, 0.3) is 0 Å². The first-order valence-corrected chi connectivity index (χ1v) is 6.86. The lowest BCUT2D eigenvalue weighted by atomic mass is 9.87. The Morgan fingerprint density at radius 2 is 1.95 bits per heavy atom. The van der Waals surface area contributed by atoms with Gasteiger partial charge in [-0.05, 0) is 16.5 Å². The van der Waals surface area contributed by atoms with Gasteiger partial charge in [-0.1, -0.05) is 45.0 Å². The molecule has 0 aromatic heterocycles. The lowest BCUT2D eigenvalue weighted by Crippen LogP contribution is -2.41. The minimum atomic E-state index is -0.870. The number of carbonyl (C=O) groups excluding carboxylic acids is 1. The van der Waals surface area contributed by atoms with Crippen molar-refractivity contribution < 1.29 is 14.7 Å². The molecule has 20 heavy (non-hydrogen) atoms. The van der Waals surface area contributed by atoms with E-state index in [-0.39, 0.29) is 17.9 Å². The number of fused-ring (bicyclic) bond motifs is 1. The molecule has 0 radical (unpaired) electrons. The van der Waals surface area contributed by atoms with Crippen LogP contribution in [0.5, 0.6) is 0 Å². The van der Waals surface area contributed by atoms with Crippen LogP contribution < -0.4 is 0 Å². The zero-order valence-corrected chi connectivity index (χ0v) is 12.2. The lowest BCUT2D eigenvalue weighted by molar-refractivity contribution is -0.141. The number of hydrogen-bond acceptors (Lipinski definition) is 2. The zero-order chi connectivity index (χ0) is 14.9. The highest BCUT2D eigenvalue weighted by Crippen LogP contribution is 2.30. The fraction of sp³-hybridized carbons (Fsp3) is 0.500. The molecule has 2 rings (SSSR count). The van der Waals surface area contributed by atoms with E-state index in [2.05, 4.69) is 0 Å². The predicted octanol–water partition coefficient (Wildman–Crippen LogP) is 2.63. The van der Waals surface area contributed by atoms with Crippen LogP contribution in [0.1, 0.15) is 44.2 Å². The summed E-state index contributed by atoms with van der Waals surface area (Å²) >= 11 is 0. The smallest absolute Gasteiger partial charge is 0.312 e. The molecule has 0 saturated carbocycles. The second-order valence-corrected chi connectivity index (χ2v) is 6.60. The molecule has 1 atom stereocenters. The number of hydrogen-bond donors (Lipinski definition) is 1. The predicted molar refractivity (Wildman–Crippen MR) is 76.3 cm³/mol. The Morgan fingerprint density at radius 3 is 2.55 bits per heavy atom. The highest BCUT2D eigenvalue weighted by Gasteiger charge is 2.33. The third kappa shape index (κ3) is 3.18. The van der Waals surface area contributed by atoms with E-state index < -0.39 is 11.9 Å². The van der Waals surface area contributed by atoms with Crippen molar-refractivity contribution in [1.29, 1.82) is 0 Å². The maximum absolute atomic E-state index is 12.3. The van der Waals surface area contributed by atoms with E-state index >= 15 is 0 Å². The van der Waals surface area contributed by atoms with Crippen molar-refractivity contribution in [2.75, 3.05) is 6.54 Å². The molecule has 4 nitrogen and oxygen atoms in total.